The highest BCUT2D eigenvalue weighted by Gasteiger charge is 2.26. The summed E-state index contributed by atoms with van der Waals surface area (Å²) in [4.78, 5) is 2.47. The van der Waals surface area contributed by atoms with Gasteiger partial charge < -0.3 is 10.5 Å². The van der Waals surface area contributed by atoms with Crippen LogP contribution in [0.2, 0.25) is 10.0 Å². The van der Waals surface area contributed by atoms with Crippen LogP contribution >= 0.6 is 23.2 Å². The molecule has 0 spiro atoms. The third kappa shape index (κ3) is 4.54. The minimum absolute atomic E-state index is 0.566. The lowest BCUT2D eigenvalue weighted by molar-refractivity contribution is 0.125. The lowest BCUT2D eigenvalue weighted by Gasteiger charge is -2.36. The van der Waals surface area contributed by atoms with Crippen molar-refractivity contribution in [3.63, 3.8) is 0 Å². The first-order chi connectivity index (χ1) is 11.1. The van der Waals surface area contributed by atoms with E-state index in [2.05, 4.69) is 11.8 Å². The van der Waals surface area contributed by atoms with Gasteiger partial charge in [-0.1, -0.05) is 30.1 Å². The Bertz CT molecular complexity index is 548. The van der Waals surface area contributed by atoms with E-state index in [9.17, 15) is 0 Å². The molecule has 1 aliphatic heterocycles. The zero-order chi connectivity index (χ0) is 16.4. The highest BCUT2D eigenvalue weighted by Crippen LogP contribution is 2.35. The molecule has 5 heteroatoms. The topological polar surface area (TPSA) is 38.5 Å². The van der Waals surface area contributed by atoms with Crippen LogP contribution < -0.4 is 10.5 Å². The van der Waals surface area contributed by atoms with Crippen LogP contribution in [0.4, 0.5) is 0 Å². The minimum atomic E-state index is 0.566. The summed E-state index contributed by atoms with van der Waals surface area (Å²) >= 11 is 12.4. The molecule has 1 unspecified atom stereocenters. The molecule has 1 aliphatic carbocycles. The molecule has 1 aromatic rings. The molecule has 0 aromatic heterocycles. The summed E-state index contributed by atoms with van der Waals surface area (Å²) in [6.07, 6.45) is 3.72. The first kappa shape index (κ1) is 17.3. The van der Waals surface area contributed by atoms with Gasteiger partial charge in [-0.3, -0.25) is 4.90 Å². The Labute approximate surface area is 149 Å². The van der Waals surface area contributed by atoms with Crippen molar-refractivity contribution >= 4 is 23.2 Å². The van der Waals surface area contributed by atoms with Crippen molar-refractivity contribution in [3.05, 3.63) is 27.7 Å². The van der Waals surface area contributed by atoms with E-state index in [1.165, 1.54) is 12.8 Å². The van der Waals surface area contributed by atoms with Gasteiger partial charge in [0.15, 0.2) is 0 Å². The maximum Gasteiger partial charge on any atom is 0.125 e. The lowest BCUT2D eigenvalue weighted by atomic mass is 9.87. The van der Waals surface area contributed by atoms with Crippen LogP contribution in [0.5, 0.6) is 5.75 Å². The second-order valence-electron chi connectivity index (χ2n) is 7.13. The van der Waals surface area contributed by atoms with Gasteiger partial charge in [-0.15, -0.1) is 0 Å². The molecular formula is C18H26Cl2N2O. The monoisotopic (exact) mass is 356 g/mol. The van der Waals surface area contributed by atoms with Crippen molar-refractivity contribution in [2.75, 3.05) is 26.2 Å². The summed E-state index contributed by atoms with van der Waals surface area (Å²) in [6, 6.07) is 3.84. The molecule has 3 nitrogen and oxygen atoms in total. The number of ether oxygens (including phenoxy) is 1. The quantitative estimate of drug-likeness (QED) is 0.829. The second kappa shape index (κ2) is 7.60. The third-order valence-electron chi connectivity index (χ3n) is 5.14. The standard InChI is InChI=1S/C18H26Cl2N2O/c1-12-9-22(5-4-14(12)8-21)10-15-6-16(19)17(20)7-18(15)23-11-13-2-3-13/h6-7,12-14H,2-5,8-11,21H2,1H3/t12?,14-/m0/s1. The van der Waals surface area contributed by atoms with E-state index < -0.39 is 0 Å². The number of hydrogen-bond acceptors (Lipinski definition) is 3. The van der Waals surface area contributed by atoms with Crippen LogP contribution in [0.15, 0.2) is 12.1 Å². The van der Waals surface area contributed by atoms with Crippen molar-refractivity contribution < 1.29 is 4.74 Å². The van der Waals surface area contributed by atoms with Crippen LogP contribution in [-0.4, -0.2) is 31.1 Å². The van der Waals surface area contributed by atoms with E-state index in [1.807, 2.05) is 12.1 Å². The van der Waals surface area contributed by atoms with Gasteiger partial charge >= 0.3 is 0 Å². The van der Waals surface area contributed by atoms with Gasteiger partial charge in [0.25, 0.3) is 0 Å². The molecule has 0 radical (unpaired) electrons. The molecule has 1 saturated heterocycles. The molecule has 128 valence electrons. The van der Waals surface area contributed by atoms with E-state index in [0.717, 1.165) is 56.4 Å². The molecule has 2 fully saturated rings. The lowest BCUT2D eigenvalue weighted by Crippen LogP contribution is -2.41. The van der Waals surface area contributed by atoms with Crippen molar-refractivity contribution in [2.24, 2.45) is 23.5 Å². The molecule has 0 bridgehead atoms. The van der Waals surface area contributed by atoms with Gasteiger partial charge in [-0.2, -0.15) is 0 Å². The fraction of sp³-hybridized carbons (Fsp3) is 0.667. The van der Waals surface area contributed by atoms with Crippen LogP contribution in [-0.2, 0) is 6.54 Å². The molecule has 1 heterocycles. The third-order valence-corrected chi connectivity index (χ3v) is 5.86. The van der Waals surface area contributed by atoms with E-state index >= 15 is 0 Å². The summed E-state index contributed by atoms with van der Waals surface area (Å²) in [5, 5.41) is 1.17. The van der Waals surface area contributed by atoms with Gasteiger partial charge in [0.2, 0.25) is 0 Å². The van der Waals surface area contributed by atoms with E-state index in [0.29, 0.717) is 21.9 Å². The summed E-state index contributed by atoms with van der Waals surface area (Å²) < 4.78 is 6.02. The molecule has 2 atom stereocenters. The Morgan fingerprint density at radius 1 is 1.22 bits per heavy atom. The molecule has 1 saturated carbocycles. The number of rotatable bonds is 6. The van der Waals surface area contributed by atoms with E-state index in [4.69, 9.17) is 33.7 Å². The number of halogens is 2. The van der Waals surface area contributed by atoms with Gasteiger partial charge in [0.1, 0.15) is 5.75 Å². The smallest absolute Gasteiger partial charge is 0.125 e. The largest absolute Gasteiger partial charge is 0.493 e. The zero-order valence-electron chi connectivity index (χ0n) is 13.7. The van der Waals surface area contributed by atoms with Gasteiger partial charge in [-0.05, 0) is 56.2 Å². The molecule has 1 aromatic carbocycles. The van der Waals surface area contributed by atoms with Crippen LogP contribution in [0.3, 0.4) is 0 Å². The Kier molecular flexibility index (Phi) is 5.74. The summed E-state index contributed by atoms with van der Waals surface area (Å²) in [5.41, 5.74) is 6.99. The predicted molar refractivity (Wildman–Crippen MR) is 96.3 cm³/mol. The molecule has 3 rings (SSSR count). The molecule has 23 heavy (non-hydrogen) atoms. The Morgan fingerprint density at radius 3 is 2.61 bits per heavy atom. The number of nitrogens with two attached hydrogens (primary N) is 1. The van der Waals surface area contributed by atoms with Crippen LogP contribution in [0, 0.1) is 17.8 Å². The average molecular weight is 357 g/mol. The normalized spacial score (nSPS) is 25.6. The van der Waals surface area contributed by atoms with Crippen molar-refractivity contribution in [2.45, 2.75) is 32.7 Å². The van der Waals surface area contributed by atoms with Crippen LogP contribution in [0.1, 0.15) is 31.7 Å². The summed E-state index contributed by atoms with van der Waals surface area (Å²) in [5.74, 6) is 2.88. The predicted octanol–water partition coefficient (Wildman–Crippen LogP) is 4.20. The highest BCUT2D eigenvalue weighted by atomic mass is 35.5. The van der Waals surface area contributed by atoms with Gasteiger partial charge in [0.05, 0.1) is 16.7 Å². The number of benzene rings is 1. The molecule has 2 N–H and O–H groups in total. The minimum Gasteiger partial charge on any atom is -0.493 e. The number of likely N-dealkylation sites (tertiary alicyclic amines) is 1. The van der Waals surface area contributed by atoms with Crippen molar-refractivity contribution in [1.82, 2.24) is 4.90 Å². The fourth-order valence-corrected chi connectivity index (χ4v) is 3.67. The Hall–Kier alpha value is -0.480. The van der Waals surface area contributed by atoms with Crippen molar-refractivity contribution in [3.8, 4) is 5.75 Å². The molecule has 0 amide bonds. The summed E-state index contributed by atoms with van der Waals surface area (Å²) in [6.45, 7) is 6.88. The van der Waals surface area contributed by atoms with Gasteiger partial charge in [0, 0.05) is 24.7 Å². The second-order valence-corrected chi connectivity index (χ2v) is 7.94. The van der Waals surface area contributed by atoms with Crippen LogP contribution in [0.25, 0.3) is 0 Å². The highest BCUT2D eigenvalue weighted by molar-refractivity contribution is 6.42. The molecule has 2 aliphatic rings. The first-order valence-corrected chi connectivity index (χ1v) is 9.35. The number of hydrogen-bond donors (Lipinski definition) is 1. The van der Waals surface area contributed by atoms with E-state index in [1.54, 1.807) is 0 Å². The zero-order valence-corrected chi connectivity index (χ0v) is 15.2. The molecular weight excluding hydrogens is 331 g/mol. The maximum absolute atomic E-state index is 6.23. The first-order valence-electron chi connectivity index (χ1n) is 8.60. The maximum atomic E-state index is 6.23. The number of piperidine rings is 1. The summed E-state index contributed by atoms with van der Waals surface area (Å²) in [7, 11) is 0. The number of nitrogens with zero attached hydrogens (tertiary/aromatic N) is 1. The van der Waals surface area contributed by atoms with Crippen molar-refractivity contribution in [1.29, 1.82) is 0 Å². The Morgan fingerprint density at radius 2 is 1.96 bits per heavy atom. The Balaban J connectivity index is 1.69. The SMILES string of the molecule is CC1CN(Cc2cc(Cl)c(Cl)cc2OCC2CC2)CC[C@H]1CN. The van der Waals surface area contributed by atoms with E-state index in [-0.39, 0.29) is 0 Å². The average Bonchev–Trinajstić information content (AvgIpc) is 3.34. The van der Waals surface area contributed by atoms with Gasteiger partial charge in [-0.25, -0.2) is 0 Å². The fourth-order valence-electron chi connectivity index (χ4n) is 3.34.